The van der Waals surface area contributed by atoms with Crippen molar-refractivity contribution in [2.75, 3.05) is 18.0 Å². The number of benzene rings is 4. The number of aryl methyl sites for hydroxylation is 1. The number of carbonyl (C=O) groups is 2. The van der Waals surface area contributed by atoms with E-state index in [-0.39, 0.29) is 35.5 Å². The molecule has 0 spiro atoms. The molecule has 0 aliphatic heterocycles. The van der Waals surface area contributed by atoms with Crippen LogP contribution in [-0.4, -0.2) is 50.9 Å². The van der Waals surface area contributed by atoms with Crippen LogP contribution < -0.4 is 14.4 Å². The van der Waals surface area contributed by atoms with Crippen molar-refractivity contribution in [3.63, 3.8) is 0 Å². The Hall–Kier alpha value is -4.63. The molecule has 4 aromatic rings. The van der Waals surface area contributed by atoms with Gasteiger partial charge in [0.1, 0.15) is 18.3 Å². The molecule has 0 bridgehead atoms. The van der Waals surface area contributed by atoms with E-state index in [0.717, 1.165) is 46.7 Å². The number of rotatable bonds is 13. The number of sulfonamides is 1. The van der Waals surface area contributed by atoms with Gasteiger partial charge in [-0.2, -0.15) is 0 Å². The van der Waals surface area contributed by atoms with Crippen molar-refractivity contribution in [1.29, 1.82) is 0 Å². The Morgan fingerprint density at radius 3 is 2.11 bits per heavy atom. The standard InChI is InChI=1S/C37H41N3O5S/c1-28-20-22-34(23-21-28)46(43,44)40(32-18-11-19-33(25-32)45-2)27-36(41)39(26-30-14-7-4-8-15-30)35(24-29-12-5-3-6-13-29)37(42)38-31-16-9-10-17-31/h3-8,11-15,18-23,25,31,35H,9-10,16-17,24,26-27H2,1-2H3,(H,38,42)/t35-/m0/s1. The van der Waals surface area contributed by atoms with E-state index in [0.29, 0.717) is 5.75 Å². The van der Waals surface area contributed by atoms with Crippen LogP contribution >= 0.6 is 0 Å². The molecule has 1 atom stereocenters. The Kier molecular flexibility index (Phi) is 10.8. The molecule has 0 unspecified atom stereocenters. The molecule has 1 fully saturated rings. The van der Waals surface area contributed by atoms with Crippen LogP contribution in [0.2, 0.25) is 0 Å². The van der Waals surface area contributed by atoms with E-state index in [4.69, 9.17) is 4.74 Å². The molecule has 46 heavy (non-hydrogen) atoms. The fraction of sp³-hybridized carbons (Fsp3) is 0.297. The van der Waals surface area contributed by atoms with Crippen LogP contribution in [0.5, 0.6) is 5.75 Å². The lowest BCUT2D eigenvalue weighted by molar-refractivity contribution is -0.140. The summed E-state index contributed by atoms with van der Waals surface area (Å²) < 4.78 is 34.9. The van der Waals surface area contributed by atoms with E-state index in [1.54, 1.807) is 36.4 Å². The first kappa shape index (κ1) is 32.8. The molecule has 0 radical (unpaired) electrons. The minimum atomic E-state index is -4.19. The molecular weight excluding hydrogens is 598 g/mol. The molecule has 4 aromatic carbocycles. The van der Waals surface area contributed by atoms with Crippen LogP contribution in [0.15, 0.2) is 114 Å². The van der Waals surface area contributed by atoms with Gasteiger partial charge in [-0.25, -0.2) is 8.42 Å². The Labute approximate surface area is 272 Å². The topological polar surface area (TPSA) is 96.0 Å². The van der Waals surface area contributed by atoms with E-state index >= 15 is 0 Å². The average molecular weight is 640 g/mol. The molecule has 2 amide bonds. The highest BCUT2D eigenvalue weighted by molar-refractivity contribution is 7.92. The van der Waals surface area contributed by atoms with Gasteiger partial charge in [-0.15, -0.1) is 0 Å². The van der Waals surface area contributed by atoms with Gasteiger partial charge in [-0.05, 0) is 55.2 Å². The number of anilines is 1. The number of nitrogens with one attached hydrogen (secondary N) is 1. The van der Waals surface area contributed by atoms with Crippen molar-refractivity contribution in [2.45, 2.75) is 62.6 Å². The highest BCUT2D eigenvalue weighted by Crippen LogP contribution is 2.28. The third-order valence-corrected chi connectivity index (χ3v) is 10.2. The average Bonchev–Trinajstić information content (AvgIpc) is 3.59. The minimum absolute atomic E-state index is 0.0506. The van der Waals surface area contributed by atoms with Crippen molar-refractivity contribution in [3.05, 3.63) is 126 Å². The van der Waals surface area contributed by atoms with E-state index in [1.165, 1.54) is 24.1 Å². The summed E-state index contributed by atoms with van der Waals surface area (Å²) in [7, 11) is -2.69. The first-order valence-corrected chi connectivity index (χ1v) is 17.1. The van der Waals surface area contributed by atoms with E-state index in [1.807, 2.05) is 67.6 Å². The fourth-order valence-corrected chi connectivity index (χ4v) is 7.24. The quantitative estimate of drug-likeness (QED) is 0.197. The van der Waals surface area contributed by atoms with Gasteiger partial charge < -0.3 is 15.0 Å². The van der Waals surface area contributed by atoms with Crippen LogP contribution in [0.25, 0.3) is 0 Å². The predicted octanol–water partition coefficient (Wildman–Crippen LogP) is 5.90. The minimum Gasteiger partial charge on any atom is -0.497 e. The highest BCUT2D eigenvalue weighted by atomic mass is 32.2. The van der Waals surface area contributed by atoms with Crippen molar-refractivity contribution in [2.24, 2.45) is 0 Å². The predicted molar refractivity (Wildman–Crippen MR) is 180 cm³/mol. The van der Waals surface area contributed by atoms with Crippen LogP contribution in [-0.2, 0) is 32.6 Å². The molecular formula is C37H41N3O5S. The first-order valence-electron chi connectivity index (χ1n) is 15.7. The third-order valence-electron chi connectivity index (χ3n) is 8.40. The largest absolute Gasteiger partial charge is 0.497 e. The second-order valence-electron chi connectivity index (χ2n) is 11.7. The van der Waals surface area contributed by atoms with Crippen molar-refractivity contribution in [1.82, 2.24) is 10.2 Å². The maximum absolute atomic E-state index is 14.6. The summed E-state index contributed by atoms with van der Waals surface area (Å²) in [5.41, 5.74) is 2.92. The van der Waals surface area contributed by atoms with Crippen LogP contribution in [0.3, 0.4) is 0 Å². The van der Waals surface area contributed by atoms with E-state index in [9.17, 15) is 18.0 Å². The molecule has 1 aliphatic carbocycles. The van der Waals surface area contributed by atoms with E-state index in [2.05, 4.69) is 5.32 Å². The van der Waals surface area contributed by atoms with Gasteiger partial charge in [0.25, 0.3) is 10.0 Å². The number of nitrogens with zero attached hydrogens (tertiary/aromatic N) is 2. The summed E-state index contributed by atoms with van der Waals surface area (Å²) in [6.07, 6.45) is 4.17. The summed E-state index contributed by atoms with van der Waals surface area (Å²) in [6.45, 7) is 1.49. The van der Waals surface area contributed by atoms with Gasteiger partial charge in [0.15, 0.2) is 0 Å². The lowest BCUT2D eigenvalue weighted by Crippen LogP contribution is -2.54. The van der Waals surface area contributed by atoms with Gasteiger partial charge in [-0.1, -0.05) is 97.3 Å². The van der Waals surface area contributed by atoms with Gasteiger partial charge in [-0.3, -0.25) is 13.9 Å². The molecule has 8 nitrogen and oxygen atoms in total. The molecule has 240 valence electrons. The molecule has 1 aliphatic rings. The smallest absolute Gasteiger partial charge is 0.264 e. The molecule has 0 heterocycles. The second kappa shape index (κ2) is 15.1. The number of ether oxygens (including phenoxy) is 1. The number of carbonyl (C=O) groups excluding carboxylic acids is 2. The van der Waals surface area contributed by atoms with Gasteiger partial charge in [0.2, 0.25) is 11.8 Å². The van der Waals surface area contributed by atoms with Crippen molar-refractivity contribution < 1.29 is 22.7 Å². The zero-order valence-corrected chi connectivity index (χ0v) is 27.2. The summed E-state index contributed by atoms with van der Waals surface area (Å²) in [4.78, 5) is 30.3. The summed E-state index contributed by atoms with van der Waals surface area (Å²) in [5, 5.41) is 3.20. The molecule has 0 saturated heterocycles. The Morgan fingerprint density at radius 2 is 1.48 bits per heavy atom. The summed E-state index contributed by atoms with van der Waals surface area (Å²) in [6, 6.07) is 31.4. The SMILES string of the molecule is COc1cccc(N(CC(=O)N(Cc2ccccc2)[C@@H](Cc2ccccc2)C(=O)NC2CCCC2)S(=O)(=O)c2ccc(C)cc2)c1. The zero-order chi connectivity index (χ0) is 32.5. The highest BCUT2D eigenvalue weighted by Gasteiger charge is 2.35. The maximum atomic E-state index is 14.6. The van der Waals surface area contributed by atoms with Gasteiger partial charge in [0.05, 0.1) is 17.7 Å². The van der Waals surface area contributed by atoms with Crippen LogP contribution in [0.1, 0.15) is 42.4 Å². The lowest BCUT2D eigenvalue weighted by atomic mass is 10.0. The Bertz CT molecular complexity index is 1710. The monoisotopic (exact) mass is 639 g/mol. The maximum Gasteiger partial charge on any atom is 0.264 e. The van der Waals surface area contributed by atoms with Crippen LogP contribution in [0, 0.1) is 6.92 Å². The molecule has 1 N–H and O–H groups in total. The third kappa shape index (κ3) is 8.14. The molecule has 9 heteroatoms. The normalized spacial score (nSPS) is 14.0. The van der Waals surface area contributed by atoms with Gasteiger partial charge >= 0.3 is 0 Å². The number of amides is 2. The number of hydrogen-bond donors (Lipinski definition) is 1. The Morgan fingerprint density at radius 1 is 0.848 bits per heavy atom. The van der Waals surface area contributed by atoms with Crippen LogP contribution in [0.4, 0.5) is 5.69 Å². The number of hydrogen-bond acceptors (Lipinski definition) is 5. The molecule has 0 aromatic heterocycles. The molecule has 1 saturated carbocycles. The van der Waals surface area contributed by atoms with E-state index < -0.39 is 28.5 Å². The molecule has 5 rings (SSSR count). The van der Waals surface area contributed by atoms with Gasteiger partial charge in [0, 0.05) is 25.1 Å². The zero-order valence-electron chi connectivity index (χ0n) is 26.3. The fourth-order valence-electron chi connectivity index (χ4n) is 5.83. The second-order valence-corrected chi connectivity index (χ2v) is 13.6. The van der Waals surface area contributed by atoms with Crippen molar-refractivity contribution in [3.8, 4) is 5.75 Å². The van der Waals surface area contributed by atoms with Crippen molar-refractivity contribution >= 4 is 27.5 Å². The summed E-state index contributed by atoms with van der Waals surface area (Å²) in [5.74, 6) is -0.285. The Balaban J connectivity index is 1.56. The summed E-state index contributed by atoms with van der Waals surface area (Å²) >= 11 is 0. The number of methoxy groups -OCH3 is 1. The first-order chi connectivity index (χ1) is 22.2. The lowest BCUT2D eigenvalue weighted by Gasteiger charge is -2.34.